The monoisotopic (exact) mass is 588 g/mol. The van der Waals surface area contributed by atoms with Gasteiger partial charge in [-0.15, -0.1) is 0 Å². The number of Topliss-reactive ketones (excluding diaryl/α,β-unsaturated/α-hetero) is 1. The van der Waals surface area contributed by atoms with Crippen LogP contribution in [0.15, 0.2) is 97.1 Å². The summed E-state index contributed by atoms with van der Waals surface area (Å²) in [6.45, 7) is 6.79. The van der Waals surface area contributed by atoms with Gasteiger partial charge >= 0.3 is 0 Å². The molecule has 0 aliphatic rings. The average Bonchev–Trinajstić information content (AvgIpc) is 3.04. The standard InChI is InChI=1S/C40H44O4/c1-39(2,3)40(32-19-24-36(42-4)25-20-32,33-21-26-37(43-5)27-22-33)34-23-28-38(44-6)31(29-34)16-10-11-17-35(41)18-12-15-30-13-8-7-9-14-30/h7-9,13-14,19-29H,11-12,15,17-18H2,1-6H3. The molecule has 0 bridgehead atoms. The fourth-order valence-electron chi connectivity index (χ4n) is 6.14. The Labute approximate surface area is 263 Å². The molecule has 0 fully saturated rings. The van der Waals surface area contributed by atoms with Gasteiger partial charge in [-0.05, 0) is 76.9 Å². The lowest BCUT2D eigenvalue weighted by Gasteiger charge is -2.47. The second-order valence-corrected chi connectivity index (χ2v) is 12.1. The molecule has 0 radical (unpaired) electrons. The Kier molecular flexibility index (Phi) is 10.9. The fourth-order valence-corrected chi connectivity index (χ4v) is 6.14. The first-order valence-electron chi connectivity index (χ1n) is 15.2. The molecule has 0 atom stereocenters. The fraction of sp³-hybridized carbons (Fsp3) is 0.325. The van der Waals surface area contributed by atoms with Crippen LogP contribution in [-0.4, -0.2) is 27.1 Å². The molecule has 0 aromatic heterocycles. The Morgan fingerprint density at radius 1 is 0.682 bits per heavy atom. The molecule has 4 nitrogen and oxygen atoms in total. The zero-order valence-corrected chi connectivity index (χ0v) is 26.9. The number of carbonyl (C=O) groups excluding carboxylic acids is 1. The predicted molar refractivity (Wildman–Crippen MR) is 179 cm³/mol. The van der Waals surface area contributed by atoms with Crippen molar-refractivity contribution in [1.82, 2.24) is 0 Å². The highest BCUT2D eigenvalue weighted by Crippen LogP contribution is 2.52. The smallest absolute Gasteiger partial charge is 0.134 e. The van der Waals surface area contributed by atoms with Gasteiger partial charge in [-0.3, -0.25) is 4.79 Å². The van der Waals surface area contributed by atoms with E-state index in [1.807, 2.05) is 48.5 Å². The van der Waals surface area contributed by atoms with Gasteiger partial charge in [-0.1, -0.05) is 93.3 Å². The van der Waals surface area contributed by atoms with E-state index in [0.717, 1.165) is 46.6 Å². The lowest BCUT2D eigenvalue weighted by molar-refractivity contribution is -0.119. The van der Waals surface area contributed by atoms with Crippen LogP contribution < -0.4 is 14.2 Å². The van der Waals surface area contributed by atoms with Crippen molar-refractivity contribution in [2.45, 2.75) is 58.3 Å². The number of benzene rings is 4. The second-order valence-electron chi connectivity index (χ2n) is 12.1. The normalized spacial score (nSPS) is 11.3. The molecule has 4 aromatic rings. The third kappa shape index (κ3) is 7.34. The Morgan fingerprint density at radius 3 is 1.77 bits per heavy atom. The van der Waals surface area contributed by atoms with Crippen LogP contribution >= 0.6 is 0 Å². The number of rotatable bonds is 12. The summed E-state index contributed by atoms with van der Waals surface area (Å²) in [4.78, 5) is 12.6. The first-order valence-corrected chi connectivity index (χ1v) is 15.2. The Hall–Kier alpha value is -4.49. The van der Waals surface area contributed by atoms with Crippen LogP contribution in [0.5, 0.6) is 17.2 Å². The molecule has 0 N–H and O–H groups in total. The summed E-state index contributed by atoms with van der Waals surface area (Å²) >= 11 is 0. The molecule has 44 heavy (non-hydrogen) atoms. The maximum atomic E-state index is 12.6. The summed E-state index contributed by atoms with van der Waals surface area (Å²) in [7, 11) is 5.03. The summed E-state index contributed by atoms with van der Waals surface area (Å²) in [5.74, 6) is 9.17. The lowest BCUT2D eigenvalue weighted by atomic mass is 9.55. The highest BCUT2D eigenvalue weighted by atomic mass is 16.5. The van der Waals surface area contributed by atoms with Crippen molar-refractivity contribution in [1.29, 1.82) is 0 Å². The van der Waals surface area contributed by atoms with Crippen molar-refractivity contribution < 1.29 is 19.0 Å². The van der Waals surface area contributed by atoms with Crippen molar-refractivity contribution >= 4 is 5.78 Å². The van der Waals surface area contributed by atoms with Gasteiger partial charge in [0.1, 0.15) is 23.0 Å². The maximum absolute atomic E-state index is 12.6. The topological polar surface area (TPSA) is 44.8 Å². The SMILES string of the molecule is COc1ccc(C(c2ccc(OC)cc2)(c2ccc(OC)c(C#CCCC(=O)CCCc3ccccc3)c2)C(C)(C)C)cc1. The number of ketones is 1. The summed E-state index contributed by atoms with van der Waals surface area (Å²) < 4.78 is 16.7. The van der Waals surface area contributed by atoms with Gasteiger partial charge in [0.2, 0.25) is 0 Å². The Balaban J connectivity index is 1.66. The minimum Gasteiger partial charge on any atom is -0.497 e. The minimum absolute atomic E-state index is 0.248. The number of methoxy groups -OCH3 is 3. The first kappa shape index (κ1) is 32.4. The van der Waals surface area contributed by atoms with Crippen molar-refractivity contribution in [2.24, 2.45) is 5.41 Å². The average molecular weight is 589 g/mol. The molecule has 0 heterocycles. The summed E-state index contributed by atoms with van der Waals surface area (Å²) in [6.07, 6.45) is 3.32. The number of hydrogen-bond acceptors (Lipinski definition) is 4. The molecule has 0 saturated heterocycles. The van der Waals surface area contributed by atoms with Crippen LogP contribution in [0.2, 0.25) is 0 Å². The van der Waals surface area contributed by atoms with Crippen LogP contribution in [0.3, 0.4) is 0 Å². The summed E-state index contributed by atoms with van der Waals surface area (Å²) in [5.41, 5.74) is 4.66. The van der Waals surface area contributed by atoms with Crippen LogP contribution in [0.1, 0.15) is 74.3 Å². The third-order valence-electron chi connectivity index (χ3n) is 8.32. The Morgan fingerprint density at radius 2 is 1.25 bits per heavy atom. The third-order valence-corrected chi connectivity index (χ3v) is 8.32. The number of hydrogen-bond donors (Lipinski definition) is 0. The van der Waals surface area contributed by atoms with Crippen LogP contribution in [0.25, 0.3) is 0 Å². The van der Waals surface area contributed by atoms with Crippen molar-refractivity contribution in [3.8, 4) is 29.1 Å². The van der Waals surface area contributed by atoms with E-state index in [4.69, 9.17) is 14.2 Å². The summed E-state index contributed by atoms with van der Waals surface area (Å²) in [6, 6.07) is 33.2. The quantitative estimate of drug-likeness (QED) is 0.123. The molecule has 4 heteroatoms. The zero-order chi connectivity index (χ0) is 31.6. The first-order chi connectivity index (χ1) is 21.2. The van der Waals surface area contributed by atoms with E-state index in [1.54, 1.807) is 21.3 Å². The molecule has 0 aliphatic heterocycles. The largest absolute Gasteiger partial charge is 0.497 e. The molecule has 4 aromatic carbocycles. The van der Waals surface area contributed by atoms with E-state index in [1.165, 1.54) is 5.56 Å². The van der Waals surface area contributed by atoms with Gasteiger partial charge in [-0.2, -0.15) is 0 Å². The van der Waals surface area contributed by atoms with E-state index in [-0.39, 0.29) is 11.2 Å². The van der Waals surface area contributed by atoms with E-state index in [9.17, 15) is 4.79 Å². The molecule has 4 rings (SSSR count). The Bertz CT molecular complexity index is 1520. The van der Waals surface area contributed by atoms with Gasteiger partial charge in [0.05, 0.1) is 26.9 Å². The highest BCUT2D eigenvalue weighted by Gasteiger charge is 2.46. The van der Waals surface area contributed by atoms with Crippen LogP contribution in [-0.2, 0) is 16.6 Å². The molecular weight excluding hydrogens is 544 g/mol. The van der Waals surface area contributed by atoms with Crippen LogP contribution in [0.4, 0.5) is 0 Å². The lowest BCUT2D eigenvalue weighted by Crippen LogP contribution is -2.42. The molecule has 0 amide bonds. The van der Waals surface area contributed by atoms with Gasteiger partial charge in [0.15, 0.2) is 0 Å². The highest BCUT2D eigenvalue weighted by molar-refractivity contribution is 5.78. The van der Waals surface area contributed by atoms with Gasteiger partial charge in [-0.25, -0.2) is 0 Å². The van der Waals surface area contributed by atoms with Gasteiger partial charge in [0.25, 0.3) is 0 Å². The molecule has 0 aliphatic carbocycles. The van der Waals surface area contributed by atoms with Gasteiger partial charge in [0, 0.05) is 24.7 Å². The van der Waals surface area contributed by atoms with E-state index in [2.05, 4.69) is 81.1 Å². The van der Waals surface area contributed by atoms with E-state index >= 15 is 0 Å². The van der Waals surface area contributed by atoms with E-state index < -0.39 is 5.41 Å². The molecule has 0 spiro atoms. The van der Waals surface area contributed by atoms with Crippen molar-refractivity contribution in [3.63, 3.8) is 0 Å². The van der Waals surface area contributed by atoms with E-state index in [0.29, 0.717) is 25.0 Å². The summed E-state index contributed by atoms with van der Waals surface area (Å²) in [5, 5.41) is 0. The molecule has 0 saturated carbocycles. The molecule has 0 unspecified atom stereocenters. The predicted octanol–water partition coefficient (Wildman–Crippen LogP) is 8.82. The number of ether oxygens (including phenoxy) is 3. The number of carbonyl (C=O) groups is 1. The molecule has 228 valence electrons. The van der Waals surface area contributed by atoms with Gasteiger partial charge < -0.3 is 14.2 Å². The maximum Gasteiger partial charge on any atom is 0.134 e. The van der Waals surface area contributed by atoms with Crippen LogP contribution in [0, 0.1) is 17.3 Å². The second kappa shape index (κ2) is 14.8. The minimum atomic E-state index is -0.539. The molecular formula is C40H44O4. The van der Waals surface area contributed by atoms with Crippen molar-refractivity contribution in [2.75, 3.05) is 21.3 Å². The zero-order valence-electron chi connectivity index (χ0n) is 26.9. The van der Waals surface area contributed by atoms with Crippen molar-refractivity contribution in [3.05, 3.63) is 125 Å². The number of aryl methyl sites for hydroxylation is 1.